The molecule has 0 saturated carbocycles. The van der Waals surface area contributed by atoms with Crippen LogP contribution >= 0.6 is 15.9 Å². The quantitative estimate of drug-likeness (QED) is 0.781. The van der Waals surface area contributed by atoms with E-state index in [1.807, 2.05) is 0 Å². The third-order valence-corrected chi connectivity index (χ3v) is 3.48. The van der Waals surface area contributed by atoms with Gasteiger partial charge in [0, 0.05) is 6.42 Å². The molecule has 0 bridgehead atoms. The molecule has 0 fully saturated rings. The average Bonchev–Trinajstić information content (AvgIpc) is 2.44. The Balaban J connectivity index is 2.31. The predicted molar refractivity (Wildman–Crippen MR) is 75.1 cm³/mol. The van der Waals surface area contributed by atoms with Gasteiger partial charge >= 0.3 is 0 Å². The summed E-state index contributed by atoms with van der Waals surface area (Å²) >= 11 is 3.02. The summed E-state index contributed by atoms with van der Waals surface area (Å²) in [6.07, 6.45) is -0.226. The first-order chi connectivity index (χ1) is 9.54. The lowest BCUT2D eigenvalue weighted by atomic mass is 10.0. The fraction of sp³-hybridized carbons (Fsp3) is 0.133. The van der Waals surface area contributed by atoms with Crippen LogP contribution in [0.1, 0.15) is 15.9 Å². The van der Waals surface area contributed by atoms with Gasteiger partial charge in [-0.1, -0.05) is 18.2 Å². The minimum absolute atomic E-state index is 0.0602. The van der Waals surface area contributed by atoms with E-state index in [2.05, 4.69) is 15.9 Å². The number of carbonyl (C=O) groups excluding carboxylic acids is 1. The topological polar surface area (TPSA) is 26.3 Å². The zero-order valence-corrected chi connectivity index (χ0v) is 12.2. The van der Waals surface area contributed by atoms with Gasteiger partial charge < -0.3 is 4.74 Å². The molecule has 104 valence electrons. The minimum atomic E-state index is -0.638. The first kappa shape index (κ1) is 14.7. The summed E-state index contributed by atoms with van der Waals surface area (Å²) in [4.78, 5) is 12.1. The molecule has 0 saturated heterocycles. The molecule has 0 heterocycles. The number of hydrogen-bond acceptors (Lipinski definition) is 2. The highest BCUT2D eigenvalue weighted by atomic mass is 79.9. The summed E-state index contributed by atoms with van der Waals surface area (Å²) in [5.74, 6) is -1.67. The van der Waals surface area contributed by atoms with Crippen molar-refractivity contribution < 1.29 is 18.3 Å². The average molecular weight is 341 g/mol. The standard InChI is InChI=1S/C15H11BrF2O2/c1-20-13-7-2-4-9(14(13)17)8-12(19)10-5-3-6-11(16)15(10)18/h2-7H,8H2,1H3. The van der Waals surface area contributed by atoms with E-state index in [0.29, 0.717) is 0 Å². The van der Waals surface area contributed by atoms with Gasteiger partial charge in [-0.15, -0.1) is 0 Å². The zero-order valence-electron chi connectivity index (χ0n) is 10.6. The summed E-state index contributed by atoms with van der Waals surface area (Å²) in [7, 11) is 1.35. The number of Topliss-reactive ketones (excluding diaryl/α,β-unsaturated/α-hetero) is 1. The van der Waals surface area contributed by atoms with Crippen LogP contribution in [-0.2, 0) is 6.42 Å². The van der Waals surface area contributed by atoms with E-state index in [4.69, 9.17) is 4.74 Å². The Hall–Kier alpha value is -1.75. The SMILES string of the molecule is COc1cccc(CC(=O)c2cccc(Br)c2F)c1F. The molecule has 0 aromatic heterocycles. The number of rotatable bonds is 4. The molecule has 0 amide bonds. The first-order valence-corrected chi connectivity index (χ1v) is 6.62. The van der Waals surface area contributed by atoms with Crippen LogP contribution in [0.5, 0.6) is 5.75 Å². The van der Waals surface area contributed by atoms with Crippen molar-refractivity contribution >= 4 is 21.7 Å². The Morgan fingerprint density at radius 2 is 1.85 bits per heavy atom. The van der Waals surface area contributed by atoms with Gasteiger partial charge in [-0.3, -0.25) is 4.79 Å². The van der Waals surface area contributed by atoms with Gasteiger partial charge in [-0.05, 0) is 39.7 Å². The Morgan fingerprint density at radius 1 is 1.15 bits per heavy atom. The monoisotopic (exact) mass is 340 g/mol. The van der Waals surface area contributed by atoms with Crippen molar-refractivity contribution in [1.29, 1.82) is 0 Å². The molecule has 0 aliphatic rings. The van der Waals surface area contributed by atoms with Crippen LogP contribution in [0.2, 0.25) is 0 Å². The fourth-order valence-corrected chi connectivity index (χ4v) is 2.20. The summed E-state index contributed by atoms with van der Waals surface area (Å²) in [6.45, 7) is 0. The number of ether oxygens (including phenoxy) is 1. The lowest BCUT2D eigenvalue weighted by Crippen LogP contribution is -2.08. The number of hydrogen-bond donors (Lipinski definition) is 0. The molecule has 0 spiro atoms. The molecule has 0 aliphatic carbocycles. The highest BCUT2D eigenvalue weighted by Gasteiger charge is 2.17. The molecule has 2 rings (SSSR count). The largest absolute Gasteiger partial charge is 0.494 e. The van der Waals surface area contributed by atoms with Crippen LogP contribution < -0.4 is 4.74 Å². The summed E-state index contributed by atoms with van der Waals surface area (Å²) in [5, 5.41) is 0. The van der Waals surface area contributed by atoms with Gasteiger partial charge in [0.2, 0.25) is 0 Å². The van der Waals surface area contributed by atoms with Gasteiger partial charge in [-0.2, -0.15) is 0 Å². The van der Waals surface area contributed by atoms with Crippen LogP contribution in [0.25, 0.3) is 0 Å². The second-order valence-corrected chi connectivity index (χ2v) is 4.99. The van der Waals surface area contributed by atoms with Crippen molar-refractivity contribution in [2.45, 2.75) is 6.42 Å². The highest BCUT2D eigenvalue weighted by Crippen LogP contribution is 2.23. The maximum atomic E-state index is 13.9. The van der Waals surface area contributed by atoms with Crippen molar-refractivity contribution in [2.24, 2.45) is 0 Å². The molecule has 2 aromatic carbocycles. The molecular formula is C15H11BrF2O2. The lowest BCUT2D eigenvalue weighted by Gasteiger charge is -2.08. The van der Waals surface area contributed by atoms with Gasteiger partial charge in [0.15, 0.2) is 17.3 Å². The number of benzene rings is 2. The summed E-state index contributed by atoms with van der Waals surface area (Å²) < 4.78 is 32.8. The second-order valence-electron chi connectivity index (χ2n) is 4.13. The molecule has 0 aliphatic heterocycles. The molecule has 0 N–H and O–H groups in total. The van der Waals surface area contributed by atoms with Gasteiger partial charge in [0.25, 0.3) is 0 Å². The van der Waals surface area contributed by atoms with E-state index >= 15 is 0 Å². The zero-order chi connectivity index (χ0) is 14.7. The van der Waals surface area contributed by atoms with E-state index < -0.39 is 17.4 Å². The third-order valence-electron chi connectivity index (χ3n) is 2.87. The maximum absolute atomic E-state index is 13.9. The lowest BCUT2D eigenvalue weighted by molar-refractivity contribution is 0.0987. The van der Waals surface area contributed by atoms with E-state index in [0.717, 1.165) is 0 Å². The van der Waals surface area contributed by atoms with Crippen LogP contribution in [0, 0.1) is 11.6 Å². The Kier molecular flexibility index (Phi) is 4.49. The molecule has 0 radical (unpaired) electrons. The number of methoxy groups -OCH3 is 1. The van der Waals surface area contributed by atoms with Gasteiger partial charge in [-0.25, -0.2) is 8.78 Å². The number of carbonyl (C=O) groups is 1. The van der Waals surface area contributed by atoms with Crippen molar-refractivity contribution in [3.63, 3.8) is 0 Å². The molecule has 20 heavy (non-hydrogen) atoms. The van der Waals surface area contributed by atoms with Crippen LogP contribution in [0.3, 0.4) is 0 Å². The Morgan fingerprint density at radius 3 is 2.55 bits per heavy atom. The van der Waals surface area contributed by atoms with Crippen LogP contribution in [0.15, 0.2) is 40.9 Å². The minimum Gasteiger partial charge on any atom is -0.494 e. The van der Waals surface area contributed by atoms with Gasteiger partial charge in [0.1, 0.15) is 5.82 Å². The van der Waals surface area contributed by atoms with E-state index in [9.17, 15) is 13.6 Å². The van der Waals surface area contributed by atoms with Crippen molar-refractivity contribution in [1.82, 2.24) is 0 Å². The van der Waals surface area contributed by atoms with E-state index in [1.54, 1.807) is 12.1 Å². The predicted octanol–water partition coefficient (Wildman–Crippen LogP) is 4.16. The molecule has 2 nitrogen and oxygen atoms in total. The smallest absolute Gasteiger partial charge is 0.170 e. The normalized spacial score (nSPS) is 10.4. The maximum Gasteiger partial charge on any atom is 0.170 e. The highest BCUT2D eigenvalue weighted by molar-refractivity contribution is 9.10. The summed E-state index contributed by atoms with van der Waals surface area (Å²) in [5.41, 5.74) is 0.107. The molecule has 2 aromatic rings. The molecule has 0 unspecified atom stereocenters. The van der Waals surface area contributed by atoms with Crippen molar-refractivity contribution in [2.75, 3.05) is 7.11 Å². The number of halogens is 3. The van der Waals surface area contributed by atoms with E-state index in [1.165, 1.54) is 31.4 Å². The molecule has 0 atom stereocenters. The first-order valence-electron chi connectivity index (χ1n) is 5.83. The second kappa shape index (κ2) is 6.13. The van der Waals surface area contributed by atoms with Crippen molar-refractivity contribution in [3.8, 4) is 5.75 Å². The number of ketones is 1. The van der Waals surface area contributed by atoms with Crippen LogP contribution in [-0.4, -0.2) is 12.9 Å². The van der Waals surface area contributed by atoms with E-state index in [-0.39, 0.29) is 27.8 Å². The molecule has 5 heteroatoms. The summed E-state index contributed by atoms with van der Waals surface area (Å²) in [6, 6.07) is 8.96. The fourth-order valence-electron chi connectivity index (χ4n) is 1.84. The molecular weight excluding hydrogens is 330 g/mol. The third kappa shape index (κ3) is 2.88. The Labute approximate surface area is 123 Å². The van der Waals surface area contributed by atoms with Gasteiger partial charge in [0.05, 0.1) is 17.1 Å². The van der Waals surface area contributed by atoms with Crippen LogP contribution in [0.4, 0.5) is 8.78 Å². The Bertz CT molecular complexity index is 656. The van der Waals surface area contributed by atoms with Crippen molar-refractivity contribution in [3.05, 3.63) is 63.6 Å².